The van der Waals surface area contributed by atoms with Crippen molar-refractivity contribution in [3.8, 4) is 5.69 Å². The molecule has 2 N–H and O–H groups in total. The summed E-state index contributed by atoms with van der Waals surface area (Å²) in [5.41, 5.74) is 6.70. The van der Waals surface area contributed by atoms with Gasteiger partial charge in [0.2, 0.25) is 0 Å². The fourth-order valence-corrected chi connectivity index (χ4v) is 3.06. The predicted molar refractivity (Wildman–Crippen MR) is 98.9 cm³/mol. The van der Waals surface area contributed by atoms with E-state index in [1.165, 1.54) is 11.8 Å². The van der Waals surface area contributed by atoms with Crippen molar-refractivity contribution >= 4 is 23.6 Å². The molecule has 0 spiro atoms. The van der Waals surface area contributed by atoms with Gasteiger partial charge in [-0.05, 0) is 42.7 Å². The van der Waals surface area contributed by atoms with Crippen molar-refractivity contribution in [2.75, 3.05) is 6.26 Å². The third-order valence-corrected chi connectivity index (χ3v) is 4.47. The number of nitrogens with zero attached hydrogens (tertiary/aromatic N) is 1. The van der Waals surface area contributed by atoms with Crippen molar-refractivity contribution in [2.45, 2.75) is 4.90 Å². The first-order chi connectivity index (χ1) is 12.2. The Morgan fingerprint density at radius 1 is 0.800 bits per heavy atom. The smallest absolute Gasteiger partial charge is 0.271 e. The van der Waals surface area contributed by atoms with Crippen LogP contribution in [0.2, 0.25) is 0 Å². The van der Waals surface area contributed by atoms with Gasteiger partial charge in [0.1, 0.15) is 0 Å². The Morgan fingerprint density at radius 2 is 1.36 bits per heavy atom. The number of hydrogen-bond donors (Lipinski definition) is 2. The van der Waals surface area contributed by atoms with Crippen LogP contribution in [0, 0.1) is 0 Å². The number of hydrazine groups is 1. The Morgan fingerprint density at radius 3 is 2.04 bits per heavy atom. The molecule has 0 bridgehead atoms. The molecule has 1 aromatic heterocycles. The van der Waals surface area contributed by atoms with Gasteiger partial charge in [-0.3, -0.25) is 20.4 Å². The lowest BCUT2D eigenvalue weighted by atomic mass is 10.1. The van der Waals surface area contributed by atoms with Crippen molar-refractivity contribution in [2.24, 2.45) is 0 Å². The molecule has 25 heavy (non-hydrogen) atoms. The minimum atomic E-state index is -0.376. The molecule has 0 aliphatic rings. The van der Waals surface area contributed by atoms with E-state index in [9.17, 15) is 9.59 Å². The maximum absolute atomic E-state index is 12.5. The van der Waals surface area contributed by atoms with Crippen LogP contribution >= 0.6 is 11.8 Å². The number of hydrogen-bond acceptors (Lipinski definition) is 3. The Hall–Kier alpha value is -2.99. The van der Waals surface area contributed by atoms with Gasteiger partial charge in [-0.1, -0.05) is 24.3 Å². The number of benzene rings is 2. The first-order valence-corrected chi connectivity index (χ1v) is 8.89. The molecule has 0 aliphatic carbocycles. The molecular weight excluding hydrogens is 334 g/mol. The lowest BCUT2D eigenvalue weighted by molar-refractivity contribution is 0.0845. The monoisotopic (exact) mass is 351 g/mol. The standard InChI is InChI=1S/C19H17N3O2S/c1-25-17-11-5-3-9-15(17)19(24)21-20-18(23)14-8-2-4-10-16(14)22-12-6-7-13-22/h2-13H,1H3,(H,20,23)(H,21,24). The highest BCUT2D eigenvalue weighted by molar-refractivity contribution is 7.98. The van der Waals surface area contributed by atoms with Crippen molar-refractivity contribution in [1.29, 1.82) is 0 Å². The van der Waals surface area contributed by atoms with E-state index in [4.69, 9.17) is 0 Å². The molecule has 2 amide bonds. The van der Waals surface area contributed by atoms with E-state index in [1.807, 2.05) is 59.6 Å². The van der Waals surface area contributed by atoms with E-state index in [-0.39, 0.29) is 11.8 Å². The molecule has 126 valence electrons. The molecule has 3 rings (SSSR count). The first kappa shape index (κ1) is 16.9. The highest BCUT2D eigenvalue weighted by atomic mass is 32.2. The van der Waals surface area contributed by atoms with E-state index in [0.717, 1.165) is 10.6 Å². The average molecular weight is 351 g/mol. The summed E-state index contributed by atoms with van der Waals surface area (Å²) < 4.78 is 1.85. The summed E-state index contributed by atoms with van der Waals surface area (Å²) in [5.74, 6) is -0.726. The van der Waals surface area contributed by atoms with Crippen molar-refractivity contribution in [1.82, 2.24) is 15.4 Å². The van der Waals surface area contributed by atoms with Gasteiger partial charge in [-0.15, -0.1) is 11.8 Å². The van der Waals surface area contributed by atoms with Gasteiger partial charge < -0.3 is 4.57 Å². The molecule has 0 fully saturated rings. The van der Waals surface area contributed by atoms with Crippen molar-refractivity contribution in [3.63, 3.8) is 0 Å². The molecule has 3 aromatic rings. The predicted octanol–water partition coefficient (Wildman–Crippen LogP) is 3.27. The van der Waals surface area contributed by atoms with E-state index >= 15 is 0 Å². The summed E-state index contributed by atoms with van der Waals surface area (Å²) in [6.45, 7) is 0. The number of carbonyl (C=O) groups excluding carboxylic acids is 2. The topological polar surface area (TPSA) is 63.1 Å². The third kappa shape index (κ3) is 3.75. The minimum Gasteiger partial charge on any atom is -0.323 e. The van der Waals surface area contributed by atoms with Crippen LogP contribution in [0.25, 0.3) is 5.69 Å². The zero-order valence-electron chi connectivity index (χ0n) is 13.6. The van der Waals surface area contributed by atoms with Gasteiger partial charge in [0.25, 0.3) is 11.8 Å². The molecule has 0 saturated carbocycles. The Labute approximate surface area is 150 Å². The maximum Gasteiger partial charge on any atom is 0.271 e. The Kier molecular flexibility index (Phi) is 5.20. The SMILES string of the molecule is CSc1ccccc1C(=O)NNC(=O)c1ccccc1-n1cccc1. The van der Waals surface area contributed by atoms with E-state index in [2.05, 4.69) is 10.9 Å². The van der Waals surface area contributed by atoms with Crippen LogP contribution in [0.5, 0.6) is 0 Å². The molecule has 0 saturated heterocycles. The molecule has 2 aromatic carbocycles. The molecule has 0 aliphatic heterocycles. The number of nitrogens with one attached hydrogen (secondary N) is 2. The number of para-hydroxylation sites is 1. The highest BCUT2D eigenvalue weighted by Crippen LogP contribution is 2.19. The van der Waals surface area contributed by atoms with Crippen LogP contribution < -0.4 is 10.9 Å². The second kappa shape index (κ2) is 7.72. The van der Waals surface area contributed by atoms with Crippen LogP contribution in [0.4, 0.5) is 0 Å². The first-order valence-electron chi connectivity index (χ1n) is 7.67. The highest BCUT2D eigenvalue weighted by Gasteiger charge is 2.14. The van der Waals surface area contributed by atoms with Gasteiger partial charge in [-0.25, -0.2) is 0 Å². The number of thioether (sulfide) groups is 1. The maximum atomic E-state index is 12.5. The van der Waals surface area contributed by atoms with Crippen molar-refractivity contribution < 1.29 is 9.59 Å². The molecule has 0 unspecified atom stereocenters. The van der Waals surface area contributed by atoms with Gasteiger partial charge in [-0.2, -0.15) is 0 Å². The molecule has 1 heterocycles. The summed E-state index contributed by atoms with van der Waals surface area (Å²) in [4.78, 5) is 25.7. The molecule has 5 nitrogen and oxygen atoms in total. The normalized spacial score (nSPS) is 10.3. The van der Waals surface area contributed by atoms with Crippen LogP contribution in [0.3, 0.4) is 0 Å². The largest absolute Gasteiger partial charge is 0.323 e. The summed E-state index contributed by atoms with van der Waals surface area (Å²) in [6, 6.07) is 18.2. The van der Waals surface area contributed by atoms with Gasteiger partial charge in [0.15, 0.2) is 0 Å². The van der Waals surface area contributed by atoms with Gasteiger partial charge in [0.05, 0.1) is 16.8 Å². The Balaban J connectivity index is 1.75. The minimum absolute atomic E-state index is 0.350. The van der Waals surface area contributed by atoms with E-state index < -0.39 is 0 Å². The number of amides is 2. The van der Waals surface area contributed by atoms with Crippen LogP contribution in [0.1, 0.15) is 20.7 Å². The summed E-state index contributed by atoms with van der Waals surface area (Å²) >= 11 is 1.48. The lowest BCUT2D eigenvalue weighted by Gasteiger charge is -2.12. The van der Waals surface area contributed by atoms with Crippen LogP contribution in [-0.2, 0) is 0 Å². The van der Waals surface area contributed by atoms with Crippen LogP contribution in [0.15, 0.2) is 78.0 Å². The fraction of sp³-hybridized carbons (Fsp3) is 0.0526. The average Bonchev–Trinajstić information content (AvgIpc) is 3.20. The lowest BCUT2D eigenvalue weighted by Crippen LogP contribution is -2.42. The summed E-state index contributed by atoms with van der Waals surface area (Å²) in [5, 5.41) is 0. The summed E-state index contributed by atoms with van der Waals surface area (Å²) in [7, 11) is 0. The van der Waals surface area contributed by atoms with Crippen molar-refractivity contribution in [3.05, 3.63) is 84.2 Å². The fourth-order valence-electron chi connectivity index (χ4n) is 2.47. The number of aromatic nitrogens is 1. The Bertz CT molecular complexity index is 891. The third-order valence-electron chi connectivity index (χ3n) is 3.67. The summed E-state index contributed by atoms with van der Waals surface area (Å²) in [6.07, 6.45) is 5.62. The number of rotatable bonds is 4. The van der Waals surface area contributed by atoms with E-state index in [1.54, 1.807) is 24.3 Å². The van der Waals surface area contributed by atoms with Gasteiger partial charge >= 0.3 is 0 Å². The number of carbonyl (C=O) groups is 2. The van der Waals surface area contributed by atoms with E-state index in [0.29, 0.717) is 11.1 Å². The van der Waals surface area contributed by atoms with Gasteiger partial charge in [0, 0.05) is 17.3 Å². The van der Waals surface area contributed by atoms with Crippen LogP contribution in [-0.4, -0.2) is 22.6 Å². The molecule has 6 heteroatoms. The zero-order chi connectivity index (χ0) is 17.6. The second-order valence-corrected chi connectivity index (χ2v) is 6.06. The zero-order valence-corrected chi connectivity index (χ0v) is 14.4. The molecular formula is C19H17N3O2S. The molecule has 0 atom stereocenters. The second-order valence-electron chi connectivity index (χ2n) is 5.22. The molecule has 0 radical (unpaired) electrons. The quantitative estimate of drug-likeness (QED) is 0.560.